The topological polar surface area (TPSA) is 62.2 Å². The number of aliphatic carboxylic acids is 1. The summed E-state index contributed by atoms with van der Waals surface area (Å²) < 4.78 is 0. The Bertz CT molecular complexity index is 341. The Kier molecular flexibility index (Phi) is 5.46. The van der Waals surface area contributed by atoms with Crippen molar-refractivity contribution in [3.63, 3.8) is 0 Å². The number of carbonyl (C=O) groups is 1. The van der Waals surface area contributed by atoms with Crippen LogP contribution >= 0.6 is 0 Å². The van der Waals surface area contributed by atoms with Crippen LogP contribution in [0, 0.1) is 5.92 Å². The minimum atomic E-state index is -0.709. The van der Waals surface area contributed by atoms with Gasteiger partial charge in [0.1, 0.15) is 0 Å². The van der Waals surface area contributed by atoms with E-state index in [0.717, 1.165) is 24.9 Å². The molecule has 0 aliphatic heterocycles. The van der Waals surface area contributed by atoms with Crippen LogP contribution in [0.15, 0.2) is 24.5 Å². The molecule has 17 heavy (non-hydrogen) atoms. The molecule has 0 amide bonds. The van der Waals surface area contributed by atoms with E-state index in [1.165, 1.54) is 0 Å². The second kappa shape index (κ2) is 6.89. The normalized spacial score (nSPS) is 14.0. The summed E-state index contributed by atoms with van der Waals surface area (Å²) in [6, 6.07) is 4.20. The fourth-order valence-corrected chi connectivity index (χ4v) is 1.66. The molecule has 2 atom stereocenters. The molecule has 0 aliphatic rings. The van der Waals surface area contributed by atoms with Crippen molar-refractivity contribution in [3.05, 3.63) is 24.5 Å². The average molecular weight is 236 g/mol. The number of nitrogens with one attached hydrogen (secondary N) is 1. The molecule has 0 saturated heterocycles. The Morgan fingerprint density at radius 1 is 1.35 bits per heavy atom. The maximum atomic E-state index is 10.6. The monoisotopic (exact) mass is 236 g/mol. The zero-order chi connectivity index (χ0) is 12.7. The number of anilines is 1. The molecule has 2 unspecified atom stereocenters. The first-order chi connectivity index (χ1) is 8.09. The fourth-order valence-electron chi connectivity index (χ4n) is 1.66. The van der Waals surface area contributed by atoms with E-state index in [-0.39, 0.29) is 5.92 Å². The lowest BCUT2D eigenvalue weighted by molar-refractivity contribution is -0.141. The van der Waals surface area contributed by atoms with Crippen molar-refractivity contribution in [2.45, 2.75) is 39.2 Å². The highest BCUT2D eigenvalue weighted by Crippen LogP contribution is 2.13. The van der Waals surface area contributed by atoms with E-state index in [0.29, 0.717) is 6.04 Å². The van der Waals surface area contributed by atoms with Gasteiger partial charge >= 0.3 is 5.97 Å². The van der Waals surface area contributed by atoms with Gasteiger partial charge in [-0.3, -0.25) is 9.78 Å². The van der Waals surface area contributed by atoms with Gasteiger partial charge in [0, 0.05) is 24.1 Å². The van der Waals surface area contributed by atoms with Crippen LogP contribution in [-0.4, -0.2) is 22.1 Å². The molecule has 4 heteroatoms. The van der Waals surface area contributed by atoms with Crippen molar-refractivity contribution in [3.8, 4) is 0 Å². The van der Waals surface area contributed by atoms with Crippen LogP contribution in [-0.2, 0) is 4.79 Å². The van der Waals surface area contributed by atoms with Gasteiger partial charge in [-0.05, 0) is 31.9 Å². The van der Waals surface area contributed by atoms with Crippen LogP contribution in [0.3, 0.4) is 0 Å². The molecule has 0 saturated carbocycles. The molecular formula is C13H20N2O2. The van der Waals surface area contributed by atoms with E-state index in [1.807, 2.05) is 12.1 Å². The lowest BCUT2D eigenvalue weighted by Crippen LogP contribution is -2.16. The van der Waals surface area contributed by atoms with Gasteiger partial charge < -0.3 is 10.4 Å². The third kappa shape index (κ3) is 5.33. The number of aromatic nitrogens is 1. The highest BCUT2D eigenvalue weighted by molar-refractivity contribution is 5.69. The maximum Gasteiger partial charge on any atom is 0.306 e. The van der Waals surface area contributed by atoms with Crippen molar-refractivity contribution in [2.24, 2.45) is 5.92 Å². The van der Waals surface area contributed by atoms with Gasteiger partial charge in [0.2, 0.25) is 0 Å². The lowest BCUT2D eigenvalue weighted by atomic mass is 10.0. The van der Waals surface area contributed by atoms with Crippen molar-refractivity contribution in [1.29, 1.82) is 0 Å². The first kappa shape index (κ1) is 13.5. The summed E-state index contributed by atoms with van der Waals surface area (Å²) >= 11 is 0. The molecular weight excluding hydrogens is 216 g/mol. The average Bonchev–Trinajstić information content (AvgIpc) is 2.30. The first-order valence-corrected chi connectivity index (χ1v) is 5.99. The van der Waals surface area contributed by atoms with E-state index in [9.17, 15) is 4.79 Å². The second-order valence-corrected chi connectivity index (χ2v) is 4.45. The van der Waals surface area contributed by atoms with Gasteiger partial charge in [0.05, 0.1) is 5.92 Å². The van der Waals surface area contributed by atoms with Crippen LogP contribution in [0.2, 0.25) is 0 Å². The summed E-state index contributed by atoms with van der Waals surface area (Å²) in [6.45, 7) is 3.86. The predicted octanol–water partition coefficient (Wildman–Crippen LogP) is 2.77. The molecule has 0 radical (unpaired) electrons. The largest absolute Gasteiger partial charge is 0.481 e. The smallest absolute Gasteiger partial charge is 0.306 e. The van der Waals surface area contributed by atoms with Crippen LogP contribution in [0.5, 0.6) is 0 Å². The molecule has 0 spiro atoms. The second-order valence-electron chi connectivity index (χ2n) is 4.45. The van der Waals surface area contributed by atoms with Gasteiger partial charge in [-0.2, -0.15) is 0 Å². The van der Waals surface area contributed by atoms with Gasteiger partial charge in [0.15, 0.2) is 0 Å². The first-order valence-electron chi connectivity index (χ1n) is 5.99. The molecule has 2 N–H and O–H groups in total. The molecule has 1 heterocycles. The quantitative estimate of drug-likeness (QED) is 0.764. The molecule has 0 bridgehead atoms. The predicted molar refractivity (Wildman–Crippen MR) is 68.0 cm³/mol. The van der Waals surface area contributed by atoms with E-state index in [2.05, 4.69) is 17.2 Å². The highest BCUT2D eigenvalue weighted by atomic mass is 16.4. The summed E-state index contributed by atoms with van der Waals surface area (Å²) in [6.07, 6.45) is 6.13. The summed E-state index contributed by atoms with van der Waals surface area (Å²) in [5.74, 6) is -0.956. The number of carboxylic acid groups (broad SMARTS) is 1. The molecule has 0 aromatic carbocycles. The van der Waals surface area contributed by atoms with Crippen LogP contribution in [0.25, 0.3) is 0 Å². The summed E-state index contributed by atoms with van der Waals surface area (Å²) in [7, 11) is 0. The minimum absolute atomic E-state index is 0.247. The van der Waals surface area contributed by atoms with E-state index < -0.39 is 5.97 Å². The number of carboxylic acids is 1. The van der Waals surface area contributed by atoms with Crippen LogP contribution < -0.4 is 5.32 Å². The SMILES string of the molecule is CC(CCCC(C)C(=O)O)Nc1ccncc1. The number of hydrogen-bond donors (Lipinski definition) is 2. The Labute approximate surface area is 102 Å². The third-order valence-corrected chi connectivity index (χ3v) is 2.79. The Morgan fingerprint density at radius 2 is 2.00 bits per heavy atom. The van der Waals surface area contributed by atoms with Crippen LogP contribution in [0.4, 0.5) is 5.69 Å². The molecule has 0 aliphatic carbocycles. The number of hydrogen-bond acceptors (Lipinski definition) is 3. The van der Waals surface area contributed by atoms with Gasteiger partial charge in [-0.25, -0.2) is 0 Å². The summed E-state index contributed by atoms with van der Waals surface area (Å²) in [4.78, 5) is 14.6. The van der Waals surface area contributed by atoms with Crippen molar-refractivity contribution in [1.82, 2.24) is 4.98 Å². The Balaban J connectivity index is 2.22. The molecule has 1 aromatic heterocycles. The minimum Gasteiger partial charge on any atom is -0.481 e. The molecule has 1 aromatic rings. The zero-order valence-corrected chi connectivity index (χ0v) is 10.4. The number of nitrogens with zero attached hydrogens (tertiary/aromatic N) is 1. The standard InChI is InChI=1S/C13H20N2O2/c1-10(13(16)17)4-3-5-11(2)15-12-6-8-14-9-7-12/h6-11H,3-5H2,1-2H3,(H,14,15)(H,16,17). The maximum absolute atomic E-state index is 10.6. The Hall–Kier alpha value is -1.58. The zero-order valence-electron chi connectivity index (χ0n) is 10.4. The number of pyridine rings is 1. The van der Waals surface area contributed by atoms with Crippen molar-refractivity contribution in [2.75, 3.05) is 5.32 Å². The van der Waals surface area contributed by atoms with E-state index in [1.54, 1.807) is 19.3 Å². The van der Waals surface area contributed by atoms with E-state index in [4.69, 9.17) is 5.11 Å². The fraction of sp³-hybridized carbons (Fsp3) is 0.538. The van der Waals surface area contributed by atoms with Gasteiger partial charge in [-0.15, -0.1) is 0 Å². The molecule has 4 nitrogen and oxygen atoms in total. The molecule has 1 rings (SSSR count). The summed E-state index contributed by atoms with van der Waals surface area (Å²) in [5.41, 5.74) is 1.05. The van der Waals surface area contributed by atoms with Gasteiger partial charge in [-0.1, -0.05) is 13.3 Å². The highest BCUT2D eigenvalue weighted by Gasteiger charge is 2.11. The molecule has 94 valence electrons. The van der Waals surface area contributed by atoms with Crippen molar-refractivity contribution >= 4 is 11.7 Å². The van der Waals surface area contributed by atoms with Crippen molar-refractivity contribution < 1.29 is 9.90 Å². The number of rotatable bonds is 7. The lowest BCUT2D eigenvalue weighted by Gasteiger charge is -2.15. The summed E-state index contributed by atoms with van der Waals surface area (Å²) in [5, 5.41) is 12.1. The Morgan fingerprint density at radius 3 is 2.59 bits per heavy atom. The third-order valence-electron chi connectivity index (χ3n) is 2.79. The molecule has 0 fully saturated rings. The van der Waals surface area contributed by atoms with E-state index >= 15 is 0 Å². The van der Waals surface area contributed by atoms with Crippen LogP contribution in [0.1, 0.15) is 33.1 Å². The van der Waals surface area contributed by atoms with Gasteiger partial charge in [0.25, 0.3) is 0 Å².